The van der Waals surface area contributed by atoms with Crippen LogP contribution in [0.15, 0.2) is 34.7 Å². The quantitative estimate of drug-likeness (QED) is 0.603. The van der Waals surface area contributed by atoms with Crippen LogP contribution < -0.4 is 0 Å². The van der Waals surface area contributed by atoms with Crippen LogP contribution in [0.25, 0.3) is 5.57 Å². The number of allylic oxidation sites excluding steroid dienone is 1. The Morgan fingerprint density at radius 1 is 1.33 bits per heavy atom. The lowest BCUT2D eigenvalue weighted by Gasteiger charge is -2.11. The fourth-order valence-corrected chi connectivity index (χ4v) is 1.46. The average Bonchev–Trinajstić information content (AvgIpc) is 2.34. The Balaban J connectivity index is 3.18. The maximum absolute atomic E-state index is 4.32. The van der Waals surface area contributed by atoms with Crippen molar-refractivity contribution < 1.29 is 0 Å². The summed E-state index contributed by atoms with van der Waals surface area (Å²) in [7, 11) is 3.97. The van der Waals surface area contributed by atoms with Gasteiger partial charge in [0.05, 0.1) is 5.71 Å². The molecule has 4 heteroatoms. The Morgan fingerprint density at radius 2 is 2.06 bits per heavy atom. The zero-order chi connectivity index (χ0) is 13.5. The lowest BCUT2D eigenvalue weighted by Crippen LogP contribution is -2.07. The molecule has 1 heterocycles. The fraction of sp³-hybridized carbons (Fsp3) is 0.357. The van der Waals surface area contributed by atoms with Gasteiger partial charge in [-0.25, -0.2) is 0 Å². The molecule has 0 N–H and O–H groups in total. The molecule has 0 unspecified atom stereocenters. The topological polar surface area (TPSA) is 40.9 Å². The summed E-state index contributed by atoms with van der Waals surface area (Å²) in [6.07, 6.45) is 5.56. The Kier molecular flexibility index (Phi) is 5.24. The van der Waals surface area contributed by atoms with Crippen LogP contribution in [0.1, 0.15) is 25.1 Å². The van der Waals surface area contributed by atoms with Crippen molar-refractivity contribution in [2.45, 2.75) is 20.8 Å². The summed E-state index contributed by atoms with van der Waals surface area (Å²) in [6, 6.07) is 4.04. The molecule has 0 aliphatic carbocycles. The minimum atomic E-state index is 0.868. The van der Waals surface area contributed by atoms with E-state index in [1.807, 2.05) is 64.3 Å². The number of hydrogen-bond donors (Lipinski definition) is 0. The summed E-state index contributed by atoms with van der Waals surface area (Å²) in [5.74, 6) is 0. The molecule has 0 atom stereocenters. The minimum absolute atomic E-state index is 0.868. The van der Waals surface area contributed by atoms with Crippen LogP contribution in [0.5, 0.6) is 0 Å². The Morgan fingerprint density at radius 3 is 2.56 bits per heavy atom. The molecule has 1 rings (SSSR count). The van der Waals surface area contributed by atoms with Crippen LogP contribution in [0, 0.1) is 6.92 Å². The van der Waals surface area contributed by atoms with Crippen molar-refractivity contribution in [3.63, 3.8) is 0 Å². The van der Waals surface area contributed by atoms with E-state index in [0.29, 0.717) is 0 Å². The molecule has 0 radical (unpaired) electrons. The highest BCUT2D eigenvalue weighted by molar-refractivity contribution is 6.22. The third-order valence-electron chi connectivity index (χ3n) is 2.32. The predicted molar refractivity (Wildman–Crippen MR) is 77.9 cm³/mol. The van der Waals surface area contributed by atoms with E-state index < -0.39 is 0 Å². The maximum atomic E-state index is 4.32. The highest BCUT2D eigenvalue weighted by Crippen LogP contribution is 2.16. The molecule has 4 nitrogen and oxygen atoms in total. The normalized spacial score (nSPS) is 13.2. The van der Waals surface area contributed by atoms with Gasteiger partial charge in [0.2, 0.25) is 0 Å². The van der Waals surface area contributed by atoms with E-state index in [1.165, 1.54) is 0 Å². The van der Waals surface area contributed by atoms with Crippen LogP contribution >= 0.6 is 0 Å². The molecule has 1 aromatic heterocycles. The highest BCUT2D eigenvalue weighted by atomic mass is 15.2. The molecule has 0 fully saturated rings. The van der Waals surface area contributed by atoms with Crippen molar-refractivity contribution in [1.82, 2.24) is 9.88 Å². The largest absolute Gasteiger partial charge is 0.383 e. The van der Waals surface area contributed by atoms with Crippen molar-refractivity contribution in [2.24, 2.45) is 10.2 Å². The second kappa shape index (κ2) is 6.69. The number of aromatic nitrogens is 1. The van der Waals surface area contributed by atoms with E-state index in [1.54, 1.807) is 6.21 Å². The zero-order valence-electron chi connectivity index (χ0n) is 11.7. The van der Waals surface area contributed by atoms with E-state index >= 15 is 0 Å². The van der Waals surface area contributed by atoms with Gasteiger partial charge >= 0.3 is 0 Å². The second-order valence-corrected chi connectivity index (χ2v) is 4.25. The molecular formula is C14H20N4. The standard InChI is InChI=1S/C14H20N4/c1-6-16-17-12(3)14(10-18(4)5)13-8-7-11(2)15-9-13/h6-10H,1-5H3/b14-10+,16-6-,17-12+. The van der Waals surface area contributed by atoms with E-state index in [9.17, 15) is 0 Å². The molecular weight excluding hydrogens is 224 g/mol. The van der Waals surface area contributed by atoms with Crippen LogP contribution in [0.4, 0.5) is 0 Å². The lowest BCUT2D eigenvalue weighted by atomic mass is 10.0. The van der Waals surface area contributed by atoms with Crippen LogP contribution in [-0.2, 0) is 0 Å². The summed E-state index contributed by atoms with van der Waals surface area (Å²) in [5, 5.41) is 8.08. The first-order valence-electron chi connectivity index (χ1n) is 5.88. The van der Waals surface area contributed by atoms with E-state index in [0.717, 1.165) is 22.5 Å². The molecule has 0 spiro atoms. The van der Waals surface area contributed by atoms with Crippen molar-refractivity contribution in [2.75, 3.05) is 14.1 Å². The van der Waals surface area contributed by atoms with Gasteiger partial charge < -0.3 is 4.90 Å². The summed E-state index contributed by atoms with van der Waals surface area (Å²) < 4.78 is 0. The van der Waals surface area contributed by atoms with Gasteiger partial charge in [0.1, 0.15) is 0 Å². The van der Waals surface area contributed by atoms with Crippen LogP contribution in [-0.4, -0.2) is 35.9 Å². The molecule has 0 amide bonds. The number of rotatable bonds is 4. The van der Waals surface area contributed by atoms with Crippen molar-refractivity contribution in [1.29, 1.82) is 0 Å². The number of hydrogen-bond acceptors (Lipinski definition) is 4. The van der Waals surface area contributed by atoms with Crippen molar-refractivity contribution in [3.05, 3.63) is 35.8 Å². The maximum Gasteiger partial charge on any atom is 0.0692 e. The molecule has 0 saturated heterocycles. The minimum Gasteiger partial charge on any atom is -0.383 e. The van der Waals surface area contributed by atoms with Gasteiger partial charge in [-0.3, -0.25) is 4.98 Å². The molecule has 1 aromatic rings. The average molecular weight is 244 g/mol. The number of aryl methyl sites for hydroxylation is 1. The van der Waals surface area contributed by atoms with Crippen molar-refractivity contribution >= 4 is 17.5 Å². The predicted octanol–water partition coefficient (Wildman–Crippen LogP) is 2.76. The smallest absolute Gasteiger partial charge is 0.0692 e. The lowest BCUT2D eigenvalue weighted by molar-refractivity contribution is 0.566. The first kappa shape index (κ1) is 14.1. The highest BCUT2D eigenvalue weighted by Gasteiger charge is 2.06. The molecule has 0 aliphatic heterocycles. The first-order chi connectivity index (χ1) is 8.54. The van der Waals surface area contributed by atoms with Crippen LogP contribution in [0.2, 0.25) is 0 Å². The monoisotopic (exact) mass is 244 g/mol. The molecule has 0 saturated carbocycles. The Labute approximate surface area is 109 Å². The SMILES string of the molecule is C\C=N/N=C(C)/C(=C\N(C)C)c1ccc(C)nc1. The van der Waals surface area contributed by atoms with Gasteiger partial charge in [-0.15, -0.1) is 0 Å². The Hall–Kier alpha value is -1.97. The van der Waals surface area contributed by atoms with Gasteiger partial charge in [0, 0.05) is 49.5 Å². The van der Waals surface area contributed by atoms with Gasteiger partial charge in [0.15, 0.2) is 0 Å². The summed E-state index contributed by atoms with van der Waals surface area (Å²) in [5.41, 5.74) is 3.94. The van der Waals surface area contributed by atoms with E-state index in [2.05, 4.69) is 15.2 Å². The molecule has 18 heavy (non-hydrogen) atoms. The van der Waals surface area contributed by atoms with Crippen LogP contribution in [0.3, 0.4) is 0 Å². The van der Waals surface area contributed by atoms with Gasteiger partial charge in [0.25, 0.3) is 0 Å². The number of pyridine rings is 1. The summed E-state index contributed by atoms with van der Waals surface area (Å²) >= 11 is 0. The van der Waals surface area contributed by atoms with Gasteiger partial charge in [-0.1, -0.05) is 6.07 Å². The zero-order valence-corrected chi connectivity index (χ0v) is 11.7. The molecule has 0 bridgehead atoms. The third kappa shape index (κ3) is 4.13. The number of nitrogens with zero attached hydrogens (tertiary/aromatic N) is 4. The molecule has 0 aliphatic rings. The first-order valence-corrected chi connectivity index (χ1v) is 5.88. The fourth-order valence-electron chi connectivity index (χ4n) is 1.46. The molecule has 0 aromatic carbocycles. The third-order valence-corrected chi connectivity index (χ3v) is 2.32. The summed E-state index contributed by atoms with van der Waals surface area (Å²) in [6.45, 7) is 5.77. The Bertz CT molecular complexity index is 467. The summed E-state index contributed by atoms with van der Waals surface area (Å²) in [4.78, 5) is 6.31. The van der Waals surface area contributed by atoms with Crippen molar-refractivity contribution in [3.8, 4) is 0 Å². The van der Waals surface area contributed by atoms with Gasteiger partial charge in [-0.05, 0) is 26.8 Å². The van der Waals surface area contributed by atoms with E-state index in [-0.39, 0.29) is 0 Å². The molecule has 96 valence electrons. The van der Waals surface area contributed by atoms with E-state index in [4.69, 9.17) is 0 Å². The second-order valence-electron chi connectivity index (χ2n) is 4.25. The van der Waals surface area contributed by atoms with Gasteiger partial charge in [-0.2, -0.15) is 10.2 Å².